The minimum atomic E-state index is -0.562. The Kier molecular flexibility index (Phi) is 3.03. The largest absolute Gasteiger partial charge is 0.298 e. The highest BCUT2D eigenvalue weighted by Gasteiger charge is 2.12. The van der Waals surface area contributed by atoms with Crippen molar-refractivity contribution in [3.63, 3.8) is 0 Å². The zero-order chi connectivity index (χ0) is 10.7. The Morgan fingerprint density at radius 2 is 2.00 bits per heavy atom. The molecule has 14 heavy (non-hydrogen) atoms. The summed E-state index contributed by atoms with van der Waals surface area (Å²) in [6.07, 6.45) is 1.95. The summed E-state index contributed by atoms with van der Waals surface area (Å²) in [4.78, 5) is 20.9. The lowest BCUT2D eigenvalue weighted by molar-refractivity contribution is -0.384. The zero-order valence-corrected chi connectivity index (χ0v) is 8.03. The molecule has 5 heteroatoms. The molecule has 0 aromatic heterocycles. The lowest BCUT2D eigenvalue weighted by Gasteiger charge is -2.02. The number of carbonyl (C=O) groups excluding carboxylic acids is 1. The van der Waals surface area contributed by atoms with Crippen LogP contribution in [0.15, 0.2) is 23.6 Å². The number of hydrogen-bond donors (Lipinski definition) is 1. The Morgan fingerprint density at radius 3 is 2.43 bits per heavy atom. The van der Waals surface area contributed by atoms with Crippen LogP contribution in [0.25, 0.3) is 6.08 Å². The highest BCUT2D eigenvalue weighted by molar-refractivity contribution is 7.80. The van der Waals surface area contributed by atoms with Crippen LogP contribution in [-0.4, -0.2) is 11.2 Å². The van der Waals surface area contributed by atoms with Crippen LogP contribution in [0.1, 0.15) is 15.9 Å². The van der Waals surface area contributed by atoms with Gasteiger partial charge in [-0.2, -0.15) is 0 Å². The number of nitro benzene ring substituents is 1. The molecule has 1 aromatic carbocycles. The first-order valence-corrected chi connectivity index (χ1v) is 4.14. The van der Waals surface area contributed by atoms with Gasteiger partial charge in [-0.15, -0.1) is 12.6 Å². The third-order valence-corrected chi connectivity index (χ3v) is 2.23. The number of nitro groups is 1. The van der Waals surface area contributed by atoms with Gasteiger partial charge in [0.2, 0.25) is 0 Å². The molecule has 0 unspecified atom stereocenters. The molecule has 0 bridgehead atoms. The molecule has 4 nitrogen and oxygen atoms in total. The van der Waals surface area contributed by atoms with Gasteiger partial charge in [0.15, 0.2) is 6.29 Å². The minimum Gasteiger partial charge on any atom is -0.298 e. The molecule has 0 heterocycles. The van der Waals surface area contributed by atoms with Crippen LogP contribution >= 0.6 is 12.6 Å². The van der Waals surface area contributed by atoms with E-state index in [1.165, 1.54) is 18.2 Å². The summed E-state index contributed by atoms with van der Waals surface area (Å²) in [7, 11) is 0. The summed E-state index contributed by atoms with van der Waals surface area (Å²) in [6.45, 7) is 3.48. The van der Waals surface area contributed by atoms with E-state index < -0.39 is 4.92 Å². The van der Waals surface area contributed by atoms with Crippen molar-refractivity contribution in [1.82, 2.24) is 0 Å². The number of aldehydes is 1. The van der Waals surface area contributed by atoms with Crippen molar-refractivity contribution in [1.29, 1.82) is 0 Å². The van der Waals surface area contributed by atoms with Crippen molar-refractivity contribution in [2.45, 2.75) is 4.90 Å². The smallest absolute Gasteiger partial charge is 0.270 e. The molecular formula is C9H7NO3S. The Balaban J connectivity index is 3.46. The van der Waals surface area contributed by atoms with E-state index in [0.717, 1.165) is 0 Å². The number of nitrogens with zero attached hydrogens (tertiary/aromatic N) is 1. The summed E-state index contributed by atoms with van der Waals surface area (Å²) in [6, 6.07) is 2.50. The van der Waals surface area contributed by atoms with E-state index in [1.54, 1.807) is 0 Å². The predicted molar refractivity (Wildman–Crippen MR) is 55.8 cm³/mol. The topological polar surface area (TPSA) is 60.2 Å². The first-order valence-electron chi connectivity index (χ1n) is 3.69. The van der Waals surface area contributed by atoms with Crippen LogP contribution < -0.4 is 0 Å². The number of rotatable bonds is 3. The molecule has 72 valence electrons. The number of carbonyl (C=O) groups is 1. The van der Waals surface area contributed by atoms with Crippen molar-refractivity contribution in [3.8, 4) is 0 Å². The number of benzene rings is 1. The maximum absolute atomic E-state index is 10.6. The SMILES string of the molecule is C=Cc1cc([N+](=O)[O-])cc(C=O)c1S. The van der Waals surface area contributed by atoms with Crippen molar-refractivity contribution >= 4 is 30.7 Å². The molecule has 0 radical (unpaired) electrons. The standard InChI is InChI=1S/C9H7NO3S/c1-2-6-3-8(10(12)13)4-7(5-11)9(6)14/h2-5,14H,1H2. The summed E-state index contributed by atoms with van der Waals surface area (Å²) in [5, 5.41) is 10.5. The molecular weight excluding hydrogens is 202 g/mol. The molecule has 0 aliphatic rings. The Morgan fingerprint density at radius 1 is 1.43 bits per heavy atom. The normalized spacial score (nSPS) is 9.50. The molecule has 0 spiro atoms. The van der Waals surface area contributed by atoms with Gasteiger partial charge in [-0.05, 0) is 5.56 Å². The first-order chi connectivity index (χ1) is 6.60. The molecule has 0 amide bonds. The van der Waals surface area contributed by atoms with E-state index in [-0.39, 0.29) is 11.3 Å². The lowest BCUT2D eigenvalue weighted by Crippen LogP contribution is -1.93. The van der Waals surface area contributed by atoms with Gasteiger partial charge < -0.3 is 0 Å². The van der Waals surface area contributed by atoms with Gasteiger partial charge >= 0.3 is 0 Å². The van der Waals surface area contributed by atoms with Crippen LogP contribution in [0.5, 0.6) is 0 Å². The van der Waals surface area contributed by atoms with Gasteiger partial charge in [0.1, 0.15) is 0 Å². The second kappa shape index (κ2) is 4.06. The quantitative estimate of drug-likeness (QED) is 0.359. The van der Waals surface area contributed by atoms with Gasteiger partial charge in [-0.3, -0.25) is 14.9 Å². The second-order valence-corrected chi connectivity index (χ2v) is 3.00. The van der Waals surface area contributed by atoms with Crippen molar-refractivity contribution < 1.29 is 9.72 Å². The van der Waals surface area contributed by atoms with Gasteiger partial charge in [0.05, 0.1) is 4.92 Å². The minimum absolute atomic E-state index is 0.139. The molecule has 0 N–H and O–H groups in total. The fourth-order valence-corrected chi connectivity index (χ4v) is 1.29. The number of non-ortho nitro benzene ring substituents is 1. The molecule has 0 saturated carbocycles. The maximum Gasteiger partial charge on any atom is 0.270 e. The third-order valence-electron chi connectivity index (χ3n) is 1.71. The van der Waals surface area contributed by atoms with E-state index in [0.29, 0.717) is 16.7 Å². The fraction of sp³-hybridized carbons (Fsp3) is 0. The van der Waals surface area contributed by atoms with E-state index in [4.69, 9.17) is 0 Å². The van der Waals surface area contributed by atoms with Gasteiger partial charge in [0.25, 0.3) is 5.69 Å². The molecule has 1 rings (SSSR count). The second-order valence-electron chi connectivity index (χ2n) is 2.55. The zero-order valence-electron chi connectivity index (χ0n) is 7.14. The summed E-state index contributed by atoms with van der Waals surface area (Å²) < 4.78 is 0. The van der Waals surface area contributed by atoms with Crippen molar-refractivity contribution in [2.75, 3.05) is 0 Å². The number of thiol groups is 1. The first kappa shape index (κ1) is 10.5. The van der Waals surface area contributed by atoms with E-state index in [1.807, 2.05) is 0 Å². The lowest BCUT2D eigenvalue weighted by atomic mass is 10.1. The van der Waals surface area contributed by atoms with Crippen molar-refractivity contribution in [3.05, 3.63) is 40.0 Å². The highest BCUT2D eigenvalue weighted by atomic mass is 32.1. The van der Waals surface area contributed by atoms with Gasteiger partial charge in [0, 0.05) is 22.6 Å². The predicted octanol–water partition coefficient (Wildman–Crippen LogP) is 2.34. The molecule has 0 saturated heterocycles. The molecule has 0 fully saturated rings. The fourth-order valence-electron chi connectivity index (χ4n) is 1.01. The monoisotopic (exact) mass is 209 g/mol. The van der Waals surface area contributed by atoms with Gasteiger partial charge in [-0.1, -0.05) is 12.7 Å². The Bertz CT molecular complexity index is 386. The molecule has 0 atom stereocenters. The van der Waals surface area contributed by atoms with E-state index in [2.05, 4.69) is 19.2 Å². The van der Waals surface area contributed by atoms with E-state index >= 15 is 0 Å². The van der Waals surface area contributed by atoms with E-state index in [9.17, 15) is 14.9 Å². The van der Waals surface area contributed by atoms with Crippen LogP contribution in [0.3, 0.4) is 0 Å². The van der Waals surface area contributed by atoms with Crippen LogP contribution in [-0.2, 0) is 0 Å². The summed E-state index contributed by atoms with van der Waals surface area (Å²) in [5.74, 6) is 0. The molecule has 0 aliphatic heterocycles. The number of hydrogen-bond acceptors (Lipinski definition) is 4. The van der Waals surface area contributed by atoms with Crippen molar-refractivity contribution in [2.24, 2.45) is 0 Å². The third kappa shape index (κ3) is 1.82. The van der Waals surface area contributed by atoms with Crippen LogP contribution in [0.4, 0.5) is 5.69 Å². The van der Waals surface area contributed by atoms with Crippen LogP contribution in [0, 0.1) is 10.1 Å². The maximum atomic E-state index is 10.6. The molecule has 1 aromatic rings. The highest BCUT2D eigenvalue weighted by Crippen LogP contribution is 2.25. The average molecular weight is 209 g/mol. The van der Waals surface area contributed by atoms with Crippen LogP contribution in [0.2, 0.25) is 0 Å². The van der Waals surface area contributed by atoms with Gasteiger partial charge in [-0.25, -0.2) is 0 Å². The average Bonchev–Trinajstić information content (AvgIpc) is 2.17. The Hall–Kier alpha value is -1.62. The summed E-state index contributed by atoms with van der Waals surface area (Å²) in [5.41, 5.74) is 0.530. The summed E-state index contributed by atoms with van der Waals surface area (Å²) >= 11 is 4.06. The molecule has 0 aliphatic carbocycles. The Labute approximate surface area is 85.8 Å².